The van der Waals surface area contributed by atoms with Crippen LogP contribution in [0, 0.1) is 11.3 Å². The first-order chi connectivity index (χ1) is 9.97. The number of rotatable bonds is 5. The highest BCUT2D eigenvalue weighted by Gasteiger charge is 2.37. The summed E-state index contributed by atoms with van der Waals surface area (Å²) < 4.78 is 5.83. The van der Waals surface area contributed by atoms with Crippen molar-refractivity contribution in [2.75, 3.05) is 13.2 Å². The Morgan fingerprint density at radius 3 is 2.76 bits per heavy atom. The highest BCUT2D eigenvalue weighted by molar-refractivity contribution is 5.76. The molecule has 0 saturated carbocycles. The van der Waals surface area contributed by atoms with Crippen LogP contribution in [0.4, 0.5) is 0 Å². The Morgan fingerprint density at radius 2 is 2.10 bits per heavy atom. The van der Waals surface area contributed by atoms with Gasteiger partial charge >= 0.3 is 0 Å². The van der Waals surface area contributed by atoms with Gasteiger partial charge in [0, 0.05) is 37.9 Å². The third kappa shape index (κ3) is 4.81. The zero-order chi connectivity index (χ0) is 15.3. The van der Waals surface area contributed by atoms with Crippen LogP contribution in [0.25, 0.3) is 0 Å². The SMILES string of the molecule is CC(C)(C)[C@H]1OCC[C@@H]1CNC(=O)CCc1ccncc1. The van der Waals surface area contributed by atoms with Crippen LogP contribution in [0.2, 0.25) is 0 Å². The van der Waals surface area contributed by atoms with E-state index in [1.165, 1.54) is 0 Å². The normalized spacial score (nSPS) is 22.2. The Balaban J connectivity index is 1.74. The van der Waals surface area contributed by atoms with Crippen LogP contribution in [0.5, 0.6) is 0 Å². The van der Waals surface area contributed by atoms with E-state index in [9.17, 15) is 4.79 Å². The summed E-state index contributed by atoms with van der Waals surface area (Å²) >= 11 is 0. The topological polar surface area (TPSA) is 51.2 Å². The maximum absolute atomic E-state index is 12.0. The van der Waals surface area contributed by atoms with Crippen molar-refractivity contribution in [2.45, 2.75) is 46.1 Å². The summed E-state index contributed by atoms with van der Waals surface area (Å²) in [5.41, 5.74) is 1.28. The summed E-state index contributed by atoms with van der Waals surface area (Å²) in [7, 11) is 0. The van der Waals surface area contributed by atoms with E-state index in [1.54, 1.807) is 12.4 Å². The predicted molar refractivity (Wildman–Crippen MR) is 82.9 cm³/mol. The first kappa shape index (κ1) is 16.0. The van der Waals surface area contributed by atoms with Crippen molar-refractivity contribution in [3.05, 3.63) is 30.1 Å². The highest BCUT2D eigenvalue weighted by atomic mass is 16.5. The number of aromatic nitrogens is 1. The van der Waals surface area contributed by atoms with Gasteiger partial charge in [-0.05, 0) is 36.0 Å². The number of nitrogens with zero attached hydrogens (tertiary/aromatic N) is 1. The number of hydrogen-bond donors (Lipinski definition) is 1. The van der Waals surface area contributed by atoms with Crippen LogP contribution < -0.4 is 5.32 Å². The number of ether oxygens (including phenoxy) is 1. The lowest BCUT2D eigenvalue weighted by atomic mass is 9.81. The first-order valence-corrected chi connectivity index (χ1v) is 7.74. The molecule has 1 N–H and O–H groups in total. The van der Waals surface area contributed by atoms with Gasteiger partial charge in [-0.15, -0.1) is 0 Å². The molecule has 4 nitrogen and oxygen atoms in total. The van der Waals surface area contributed by atoms with E-state index in [-0.39, 0.29) is 17.4 Å². The van der Waals surface area contributed by atoms with E-state index in [0.29, 0.717) is 12.3 Å². The number of aryl methyl sites for hydroxylation is 1. The van der Waals surface area contributed by atoms with E-state index in [0.717, 1.165) is 31.6 Å². The quantitative estimate of drug-likeness (QED) is 0.907. The Labute approximate surface area is 127 Å². The lowest BCUT2D eigenvalue weighted by Gasteiger charge is -2.31. The van der Waals surface area contributed by atoms with Crippen molar-refractivity contribution in [1.82, 2.24) is 10.3 Å². The van der Waals surface area contributed by atoms with Crippen molar-refractivity contribution in [3.8, 4) is 0 Å². The van der Waals surface area contributed by atoms with Crippen LogP contribution in [-0.2, 0) is 16.0 Å². The maximum Gasteiger partial charge on any atom is 0.220 e. The van der Waals surface area contributed by atoms with E-state index in [2.05, 4.69) is 31.1 Å². The minimum atomic E-state index is 0.117. The van der Waals surface area contributed by atoms with Crippen molar-refractivity contribution < 1.29 is 9.53 Å². The highest BCUT2D eigenvalue weighted by Crippen LogP contribution is 2.34. The second-order valence-electron chi connectivity index (χ2n) is 6.87. The van der Waals surface area contributed by atoms with Crippen molar-refractivity contribution in [1.29, 1.82) is 0 Å². The zero-order valence-electron chi connectivity index (χ0n) is 13.3. The Morgan fingerprint density at radius 1 is 1.38 bits per heavy atom. The summed E-state index contributed by atoms with van der Waals surface area (Å²) in [5.74, 6) is 0.543. The molecule has 1 amide bonds. The fourth-order valence-electron chi connectivity index (χ4n) is 2.94. The molecule has 1 saturated heterocycles. The summed E-state index contributed by atoms with van der Waals surface area (Å²) in [6.45, 7) is 8.11. The summed E-state index contributed by atoms with van der Waals surface area (Å²) in [5, 5.41) is 3.06. The van der Waals surface area contributed by atoms with Gasteiger partial charge in [0.05, 0.1) is 6.10 Å². The average Bonchev–Trinajstić information content (AvgIpc) is 2.92. The maximum atomic E-state index is 12.0. The van der Waals surface area contributed by atoms with Gasteiger partial charge in [-0.2, -0.15) is 0 Å². The Bertz CT molecular complexity index is 454. The lowest BCUT2D eigenvalue weighted by Crippen LogP contribution is -2.38. The smallest absolute Gasteiger partial charge is 0.220 e. The minimum Gasteiger partial charge on any atom is -0.377 e. The third-order valence-electron chi connectivity index (χ3n) is 4.02. The van der Waals surface area contributed by atoms with Crippen molar-refractivity contribution in [2.24, 2.45) is 11.3 Å². The van der Waals surface area contributed by atoms with Gasteiger partial charge in [0.2, 0.25) is 5.91 Å². The monoisotopic (exact) mass is 290 g/mol. The summed E-state index contributed by atoms with van der Waals surface area (Å²) in [4.78, 5) is 15.9. The van der Waals surface area contributed by atoms with Crippen LogP contribution in [0.15, 0.2) is 24.5 Å². The zero-order valence-corrected chi connectivity index (χ0v) is 13.3. The van der Waals surface area contributed by atoms with Gasteiger partial charge in [-0.1, -0.05) is 20.8 Å². The van der Waals surface area contributed by atoms with Crippen molar-refractivity contribution >= 4 is 5.91 Å². The van der Waals surface area contributed by atoms with Crippen molar-refractivity contribution in [3.63, 3.8) is 0 Å². The molecule has 0 radical (unpaired) electrons. The molecule has 1 aromatic heterocycles. The van der Waals surface area contributed by atoms with Gasteiger partial charge in [-0.3, -0.25) is 9.78 Å². The molecule has 0 unspecified atom stereocenters. The summed E-state index contributed by atoms with van der Waals surface area (Å²) in [6, 6.07) is 3.90. The molecule has 21 heavy (non-hydrogen) atoms. The molecule has 2 heterocycles. The van der Waals surface area contributed by atoms with E-state index in [4.69, 9.17) is 4.74 Å². The molecule has 1 aliphatic heterocycles. The van der Waals surface area contributed by atoms with Crippen LogP contribution >= 0.6 is 0 Å². The molecule has 4 heteroatoms. The molecule has 0 spiro atoms. The fraction of sp³-hybridized carbons (Fsp3) is 0.647. The molecule has 116 valence electrons. The van der Waals surface area contributed by atoms with Crippen LogP contribution in [0.3, 0.4) is 0 Å². The van der Waals surface area contributed by atoms with Gasteiger partial charge in [0.15, 0.2) is 0 Å². The summed E-state index contributed by atoms with van der Waals surface area (Å²) in [6.07, 6.45) is 6.08. The number of nitrogens with one attached hydrogen (secondary N) is 1. The van der Waals surface area contributed by atoms with Crippen LogP contribution in [0.1, 0.15) is 39.2 Å². The van der Waals surface area contributed by atoms with Gasteiger partial charge in [-0.25, -0.2) is 0 Å². The predicted octanol–water partition coefficient (Wildman–Crippen LogP) is 2.58. The second kappa shape index (κ2) is 7.03. The molecule has 1 fully saturated rings. The number of pyridine rings is 1. The largest absolute Gasteiger partial charge is 0.377 e. The average molecular weight is 290 g/mol. The molecular formula is C17H26N2O2. The molecule has 1 aromatic rings. The van der Waals surface area contributed by atoms with E-state index >= 15 is 0 Å². The second-order valence-corrected chi connectivity index (χ2v) is 6.87. The molecular weight excluding hydrogens is 264 g/mol. The molecule has 2 rings (SSSR count). The standard InChI is InChI=1S/C17H26N2O2/c1-17(2,3)16-14(8-11-21-16)12-19-15(20)5-4-13-6-9-18-10-7-13/h6-7,9-10,14,16H,4-5,8,11-12H2,1-3H3,(H,19,20)/t14-,16+/m1/s1. The minimum absolute atomic E-state index is 0.117. The molecule has 1 aliphatic rings. The molecule has 0 aliphatic carbocycles. The van der Waals surface area contributed by atoms with E-state index in [1.807, 2.05) is 12.1 Å². The molecule has 0 bridgehead atoms. The fourth-order valence-corrected chi connectivity index (χ4v) is 2.94. The van der Waals surface area contributed by atoms with Gasteiger partial charge < -0.3 is 10.1 Å². The first-order valence-electron chi connectivity index (χ1n) is 7.74. The van der Waals surface area contributed by atoms with E-state index < -0.39 is 0 Å². The third-order valence-corrected chi connectivity index (χ3v) is 4.02. The number of hydrogen-bond acceptors (Lipinski definition) is 3. The van der Waals surface area contributed by atoms with Gasteiger partial charge in [0.1, 0.15) is 0 Å². The molecule has 2 atom stereocenters. The Hall–Kier alpha value is -1.42. The number of carbonyl (C=O) groups is 1. The lowest BCUT2D eigenvalue weighted by molar-refractivity contribution is -0.121. The number of carbonyl (C=O) groups excluding carboxylic acids is 1. The number of amides is 1. The van der Waals surface area contributed by atoms with Crippen LogP contribution in [-0.4, -0.2) is 30.1 Å². The molecule has 0 aromatic carbocycles. The van der Waals surface area contributed by atoms with Gasteiger partial charge in [0.25, 0.3) is 0 Å². The Kier molecular flexibility index (Phi) is 5.34.